The minimum atomic E-state index is -5.20. The van der Waals surface area contributed by atoms with E-state index in [2.05, 4.69) is 0 Å². The Morgan fingerprint density at radius 1 is 0.562 bits per heavy atom. The molecule has 0 fully saturated rings. The third-order valence-electron chi connectivity index (χ3n) is 4.44. The molecule has 0 N–H and O–H groups in total. The Bertz CT molecular complexity index is 1280. The van der Waals surface area contributed by atoms with Crippen LogP contribution in [0.4, 0.5) is 17.6 Å². The summed E-state index contributed by atoms with van der Waals surface area (Å²) in [4.78, 5) is -5.54. The van der Waals surface area contributed by atoms with Gasteiger partial charge in [0.05, 0.1) is 14.2 Å². The van der Waals surface area contributed by atoms with Gasteiger partial charge in [0.25, 0.3) is 0 Å². The molecule has 12 heteroatoms. The first-order chi connectivity index (χ1) is 15.0. The number of halogens is 4. The Labute approximate surface area is 180 Å². The first kappa shape index (κ1) is 23.5. The van der Waals surface area contributed by atoms with E-state index in [1.807, 2.05) is 0 Å². The zero-order valence-corrected chi connectivity index (χ0v) is 18.0. The fraction of sp³-hybridized carbons (Fsp3) is 0.100. The summed E-state index contributed by atoms with van der Waals surface area (Å²) in [6.07, 6.45) is 0. The molecule has 3 aromatic rings. The fourth-order valence-corrected chi connectivity index (χ4v) is 6.05. The van der Waals surface area contributed by atoms with Gasteiger partial charge in [0, 0.05) is 0 Å². The molecule has 0 aliphatic rings. The molecule has 170 valence electrons. The van der Waals surface area contributed by atoms with Crippen LogP contribution in [-0.2, 0) is 19.7 Å². The highest BCUT2D eigenvalue weighted by Gasteiger charge is 2.40. The predicted molar refractivity (Wildman–Crippen MR) is 103 cm³/mol. The van der Waals surface area contributed by atoms with E-state index in [4.69, 9.17) is 9.47 Å². The van der Waals surface area contributed by atoms with Crippen molar-refractivity contribution in [3.05, 3.63) is 71.8 Å². The van der Waals surface area contributed by atoms with Crippen molar-refractivity contribution in [3.8, 4) is 11.5 Å². The number of benzene rings is 3. The van der Waals surface area contributed by atoms with Gasteiger partial charge in [0.15, 0.2) is 23.3 Å². The molecule has 0 amide bonds. The molecule has 32 heavy (non-hydrogen) atoms. The van der Waals surface area contributed by atoms with Gasteiger partial charge in [-0.1, -0.05) is 24.3 Å². The number of rotatable bonds is 6. The summed E-state index contributed by atoms with van der Waals surface area (Å²) in [7, 11) is -8.26. The minimum absolute atomic E-state index is 0.349. The molecular formula is C20H14F4O6S2. The van der Waals surface area contributed by atoms with E-state index < -0.39 is 62.5 Å². The van der Waals surface area contributed by atoms with Crippen LogP contribution in [0.3, 0.4) is 0 Å². The topological polar surface area (TPSA) is 86.7 Å². The third kappa shape index (κ3) is 3.58. The lowest BCUT2D eigenvalue weighted by Crippen LogP contribution is -2.17. The van der Waals surface area contributed by atoms with Crippen LogP contribution >= 0.6 is 0 Å². The molecular weight excluding hydrogens is 476 g/mol. The van der Waals surface area contributed by atoms with Gasteiger partial charge >= 0.3 is 0 Å². The number of sulfone groups is 2. The van der Waals surface area contributed by atoms with Crippen molar-refractivity contribution >= 4 is 19.7 Å². The average Bonchev–Trinajstić information content (AvgIpc) is 2.77. The molecule has 0 spiro atoms. The largest absolute Gasteiger partial charge is 0.495 e. The SMILES string of the molecule is COc1ccccc1S(=O)(=O)c1c(F)c(F)c(S(=O)(=O)c2ccccc2OC)c(F)c1F. The molecule has 0 aromatic heterocycles. The van der Waals surface area contributed by atoms with Crippen LogP contribution in [0.15, 0.2) is 68.1 Å². The standard InChI is InChI=1S/C20H14F4O6S2/c1-29-11-7-3-5-9-13(11)31(25,26)19-15(21)17(23)20(18(24)16(19)22)32(27,28)14-10-6-4-8-12(14)30-2/h3-10H,1-2H3. The molecule has 0 atom stereocenters. The van der Waals surface area contributed by atoms with E-state index in [9.17, 15) is 34.4 Å². The van der Waals surface area contributed by atoms with Crippen molar-refractivity contribution in [1.29, 1.82) is 0 Å². The van der Waals surface area contributed by atoms with E-state index in [0.717, 1.165) is 38.5 Å². The van der Waals surface area contributed by atoms with Crippen molar-refractivity contribution in [3.63, 3.8) is 0 Å². The summed E-state index contributed by atoms with van der Waals surface area (Å²) in [6, 6.07) is 9.21. The Balaban J connectivity index is 2.36. The maximum atomic E-state index is 14.9. The van der Waals surface area contributed by atoms with Crippen LogP contribution in [0.25, 0.3) is 0 Å². The number of methoxy groups -OCH3 is 2. The van der Waals surface area contributed by atoms with Crippen molar-refractivity contribution in [2.24, 2.45) is 0 Å². The molecule has 3 rings (SSSR count). The monoisotopic (exact) mass is 490 g/mol. The first-order valence-corrected chi connectivity index (χ1v) is 11.6. The molecule has 0 aliphatic carbocycles. The van der Waals surface area contributed by atoms with E-state index in [1.165, 1.54) is 24.3 Å². The van der Waals surface area contributed by atoms with Gasteiger partial charge in [-0.05, 0) is 24.3 Å². The molecule has 6 nitrogen and oxygen atoms in total. The van der Waals surface area contributed by atoms with Crippen LogP contribution < -0.4 is 9.47 Å². The van der Waals surface area contributed by atoms with Gasteiger partial charge in [-0.3, -0.25) is 0 Å². The van der Waals surface area contributed by atoms with E-state index in [-0.39, 0.29) is 11.5 Å². The van der Waals surface area contributed by atoms with E-state index in [0.29, 0.717) is 0 Å². The normalized spacial score (nSPS) is 11.9. The maximum Gasteiger partial charge on any atom is 0.216 e. The predicted octanol–water partition coefficient (Wildman–Crippen LogP) is 3.93. The second-order valence-electron chi connectivity index (χ2n) is 6.22. The molecule has 0 heterocycles. The first-order valence-electron chi connectivity index (χ1n) is 8.62. The summed E-state index contributed by atoms with van der Waals surface area (Å²) in [5, 5.41) is 0. The smallest absolute Gasteiger partial charge is 0.216 e. The van der Waals surface area contributed by atoms with Gasteiger partial charge in [-0.25, -0.2) is 34.4 Å². The Kier molecular flexibility index (Phi) is 6.20. The second-order valence-corrected chi connectivity index (χ2v) is 9.93. The highest BCUT2D eigenvalue weighted by atomic mass is 32.2. The zero-order valence-electron chi connectivity index (χ0n) is 16.4. The quantitative estimate of drug-likeness (QED) is 0.385. The molecule has 0 unspecified atom stereocenters. The summed E-state index contributed by atoms with van der Waals surface area (Å²) in [5.74, 6) is -10.3. The Hall–Kier alpha value is -3.12. The molecule has 0 saturated heterocycles. The van der Waals surface area contributed by atoms with Crippen molar-refractivity contribution in [2.45, 2.75) is 19.6 Å². The van der Waals surface area contributed by atoms with Crippen LogP contribution in [-0.4, -0.2) is 31.1 Å². The minimum Gasteiger partial charge on any atom is -0.495 e. The van der Waals surface area contributed by atoms with Crippen molar-refractivity contribution in [1.82, 2.24) is 0 Å². The third-order valence-corrected chi connectivity index (χ3v) is 8.06. The average molecular weight is 490 g/mol. The van der Waals surface area contributed by atoms with Crippen LogP contribution in [0.1, 0.15) is 0 Å². The van der Waals surface area contributed by atoms with Crippen LogP contribution in [0, 0.1) is 23.3 Å². The molecule has 0 aliphatic heterocycles. The lowest BCUT2D eigenvalue weighted by Gasteiger charge is -2.15. The van der Waals surface area contributed by atoms with Crippen molar-refractivity contribution in [2.75, 3.05) is 14.2 Å². The molecule has 0 bridgehead atoms. The number of para-hydroxylation sites is 2. The summed E-state index contributed by atoms with van der Waals surface area (Å²) in [5.41, 5.74) is 0. The molecule has 0 radical (unpaired) electrons. The Morgan fingerprint density at radius 3 is 1.12 bits per heavy atom. The van der Waals surface area contributed by atoms with E-state index >= 15 is 0 Å². The van der Waals surface area contributed by atoms with E-state index in [1.54, 1.807) is 0 Å². The van der Waals surface area contributed by atoms with Gasteiger partial charge in [-0.15, -0.1) is 0 Å². The summed E-state index contributed by atoms with van der Waals surface area (Å²) < 4.78 is 120. The maximum absolute atomic E-state index is 14.9. The van der Waals surface area contributed by atoms with Gasteiger partial charge in [0.2, 0.25) is 19.7 Å². The fourth-order valence-electron chi connectivity index (χ4n) is 2.96. The van der Waals surface area contributed by atoms with Gasteiger partial charge in [-0.2, -0.15) is 0 Å². The number of ether oxygens (including phenoxy) is 2. The van der Waals surface area contributed by atoms with Gasteiger partial charge in [0.1, 0.15) is 31.1 Å². The van der Waals surface area contributed by atoms with Gasteiger partial charge < -0.3 is 9.47 Å². The molecule has 3 aromatic carbocycles. The Morgan fingerprint density at radius 2 is 0.844 bits per heavy atom. The zero-order chi connectivity index (χ0) is 23.8. The highest BCUT2D eigenvalue weighted by molar-refractivity contribution is 7.92. The number of hydrogen-bond donors (Lipinski definition) is 0. The number of hydrogen-bond acceptors (Lipinski definition) is 6. The highest BCUT2D eigenvalue weighted by Crippen LogP contribution is 2.39. The lowest BCUT2D eigenvalue weighted by atomic mass is 10.3. The molecule has 0 saturated carbocycles. The van der Waals surface area contributed by atoms with Crippen LogP contribution in [0.5, 0.6) is 11.5 Å². The van der Waals surface area contributed by atoms with Crippen LogP contribution in [0.2, 0.25) is 0 Å². The van der Waals surface area contributed by atoms with Crippen molar-refractivity contribution < 1.29 is 43.9 Å². The summed E-state index contributed by atoms with van der Waals surface area (Å²) in [6.45, 7) is 0. The lowest BCUT2D eigenvalue weighted by molar-refractivity contribution is 0.385. The second kappa shape index (κ2) is 8.43. The summed E-state index contributed by atoms with van der Waals surface area (Å²) >= 11 is 0.